The van der Waals surface area contributed by atoms with Crippen LogP contribution in [0.5, 0.6) is 0 Å². The van der Waals surface area contributed by atoms with Crippen molar-refractivity contribution in [3.8, 4) is 0 Å². The molecule has 86 valence electrons. The lowest BCUT2D eigenvalue weighted by molar-refractivity contribution is 0.0982. The number of carbonyl (C=O) groups excluding carboxylic acids is 1. The fourth-order valence-corrected chi connectivity index (χ4v) is 1.75. The lowest BCUT2D eigenvalue weighted by Crippen LogP contribution is -2.02. The quantitative estimate of drug-likeness (QED) is 0.748. The number of Topliss-reactive ketones (excluding diaryl/α,β-unsaturated/α-hetero) is 1. The second kappa shape index (κ2) is 5.39. The molecule has 0 atom stereocenters. The van der Waals surface area contributed by atoms with Gasteiger partial charge in [-0.2, -0.15) is 0 Å². The molecule has 2 heteroatoms. The first-order valence-electron chi connectivity index (χ1n) is 5.76. The first-order valence-corrected chi connectivity index (χ1v) is 5.76. The monoisotopic (exact) mass is 225 g/mol. The van der Waals surface area contributed by atoms with Gasteiger partial charge in [-0.25, -0.2) is 0 Å². The van der Waals surface area contributed by atoms with E-state index in [1.54, 1.807) is 0 Å². The molecule has 0 aliphatic carbocycles. The first kappa shape index (κ1) is 11.5. The summed E-state index contributed by atoms with van der Waals surface area (Å²) >= 11 is 0. The molecule has 0 radical (unpaired) electrons. The van der Waals surface area contributed by atoms with Gasteiger partial charge in [-0.3, -0.25) is 9.78 Å². The third-order valence-corrected chi connectivity index (χ3v) is 2.65. The maximum atomic E-state index is 11.9. The summed E-state index contributed by atoms with van der Waals surface area (Å²) in [5.41, 5.74) is 2.75. The summed E-state index contributed by atoms with van der Waals surface area (Å²) in [6.07, 6.45) is 1.22. The zero-order valence-electron chi connectivity index (χ0n) is 9.89. The van der Waals surface area contributed by atoms with E-state index in [1.165, 1.54) is 0 Å². The molecule has 2 rings (SSSR count). The highest BCUT2D eigenvalue weighted by atomic mass is 16.1. The Labute approximate surface area is 101 Å². The third-order valence-electron chi connectivity index (χ3n) is 2.65. The van der Waals surface area contributed by atoms with Gasteiger partial charge in [-0.1, -0.05) is 36.4 Å². The molecule has 0 aliphatic heterocycles. The number of rotatable bonds is 4. The van der Waals surface area contributed by atoms with Crippen molar-refractivity contribution < 1.29 is 4.79 Å². The van der Waals surface area contributed by atoms with Crippen LogP contribution in [-0.2, 0) is 6.42 Å². The van der Waals surface area contributed by atoms with Gasteiger partial charge < -0.3 is 0 Å². The van der Waals surface area contributed by atoms with Crippen molar-refractivity contribution >= 4 is 5.78 Å². The highest BCUT2D eigenvalue weighted by Crippen LogP contribution is 2.07. The van der Waals surface area contributed by atoms with E-state index in [1.807, 2.05) is 55.5 Å². The van der Waals surface area contributed by atoms with E-state index in [4.69, 9.17) is 0 Å². The summed E-state index contributed by atoms with van der Waals surface area (Å²) in [6, 6.07) is 15.3. The second-order valence-corrected chi connectivity index (χ2v) is 4.06. The molecule has 0 N–H and O–H groups in total. The topological polar surface area (TPSA) is 30.0 Å². The molecule has 0 aliphatic rings. The Morgan fingerprint density at radius 3 is 2.53 bits per heavy atom. The van der Waals surface area contributed by atoms with Crippen LogP contribution in [0.2, 0.25) is 0 Å². The van der Waals surface area contributed by atoms with Crippen molar-refractivity contribution in [3.05, 3.63) is 65.5 Å². The number of benzene rings is 1. The summed E-state index contributed by atoms with van der Waals surface area (Å²) < 4.78 is 0. The van der Waals surface area contributed by atoms with Crippen molar-refractivity contribution in [2.24, 2.45) is 0 Å². The van der Waals surface area contributed by atoms with Gasteiger partial charge in [0.25, 0.3) is 0 Å². The van der Waals surface area contributed by atoms with Crippen LogP contribution in [0.4, 0.5) is 0 Å². The van der Waals surface area contributed by atoms with Crippen LogP contribution >= 0.6 is 0 Å². The molecule has 0 bridgehead atoms. The fraction of sp³-hybridized carbons (Fsp3) is 0.200. The van der Waals surface area contributed by atoms with Crippen LogP contribution in [0.15, 0.2) is 48.5 Å². The maximum absolute atomic E-state index is 11.9. The SMILES string of the molecule is Cc1cccc(CCC(=O)c2ccccc2)n1. The smallest absolute Gasteiger partial charge is 0.163 e. The van der Waals surface area contributed by atoms with Gasteiger partial charge in [-0.15, -0.1) is 0 Å². The van der Waals surface area contributed by atoms with Crippen LogP contribution in [0.1, 0.15) is 28.2 Å². The number of carbonyl (C=O) groups is 1. The molecule has 0 saturated carbocycles. The van der Waals surface area contributed by atoms with Crippen LogP contribution < -0.4 is 0 Å². The Morgan fingerprint density at radius 1 is 1.06 bits per heavy atom. The van der Waals surface area contributed by atoms with E-state index in [0.29, 0.717) is 12.8 Å². The molecule has 1 heterocycles. The molecule has 2 aromatic rings. The van der Waals surface area contributed by atoms with E-state index >= 15 is 0 Å². The maximum Gasteiger partial charge on any atom is 0.163 e. The van der Waals surface area contributed by atoms with Crippen molar-refractivity contribution in [3.63, 3.8) is 0 Å². The highest BCUT2D eigenvalue weighted by molar-refractivity contribution is 5.96. The van der Waals surface area contributed by atoms with Crippen molar-refractivity contribution in [1.82, 2.24) is 4.98 Å². The minimum Gasteiger partial charge on any atom is -0.294 e. The van der Waals surface area contributed by atoms with Crippen molar-refractivity contribution in [2.75, 3.05) is 0 Å². The normalized spacial score (nSPS) is 10.2. The van der Waals surface area contributed by atoms with Gasteiger partial charge in [0.1, 0.15) is 0 Å². The summed E-state index contributed by atoms with van der Waals surface area (Å²) in [5.74, 6) is 0.175. The Kier molecular flexibility index (Phi) is 3.66. The average Bonchev–Trinajstić information content (AvgIpc) is 2.37. The van der Waals surface area contributed by atoms with Crippen LogP contribution in [0, 0.1) is 6.92 Å². The first-order chi connectivity index (χ1) is 8.25. The summed E-state index contributed by atoms with van der Waals surface area (Å²) in [7, 11) is 0. The Balaban J connectivity index is 1.97. The van der Waals surface area contributed by atoms with Gasteiger partial charge in [0, 0.05) is 23.4 Å². The van der Waals surface area contributed by atoms with Gasteiger partial charge in [0.05, 0.1) is 0 Å². The second-order valence-electron chi connectivity index (χ2n) is 4.06. The Morgan fingerprint density at radius 2 is 1.82 bits per heavy atom. The van der Waals surface area contributed by atoms with Crippen LogP contribution in [0.3, 0.4) is 0 Å². The number of aryl methyl sites for hydroxylation is 2. The molecule has 17 heavy (non-hydrogen) atoms. The van der Waals surface area contributed by atoms with Gasteiger partial charge in [0.2, 0.25) is 0 Å². The lowest BCUT2D eigenvalue weighted by Gasteiger charge is -2.02. The molecule has 0 amide bonds. The Bertz CT molecular complexity index is 505. The molecule has 0 spiro atoms. The number of hydrogen-bond acceptors (Lipinski definition) is 2. The van der Waals surface area contributed by atoms with Gasteiger partial charge >= 0.3 is 0 Å². The zero-order chi connectivity index (χ0) is 12.1. The van der Waals surface area contributed by atoms with E-state index in [0.717, 1.165) is 17.0 Å². The average molecular weight is 225 g/mol. The summed E-state index contributed by atoms with van der Waals surface area (Å²) in [4.78, 5) is 16.3. The predicted octanol–water partition coefficient (Wildman–Crippen LogP) is 3.21. The summed E-state index contributed by atoms with van der Waals surface area (Å²) in [6.45, 7) is 1.96. The van der Waals surface area contributed by atoms with Gasteiger partial charge in [0.15, 0.2) is 5.78 Å². The zero-order valence-corrected chi connectivity index (χ0v) is 9.89. The van der Waals surface area contributed by atoms with E-state index in [2.05, 4.69) is 4.98 Å². The predicted molar refractivity (Wildman–Crippen MR) is 68.1 cm³/mol. The molecule has 1 aromatic heterocycles. The summed E-state index contributed by atoms with van der Waals surface area (Å²) in [5, 5.41) is 0. The number of ketones is 1. The molecular formula is C15H15NO. The van der Waals surface area contributed by atoms with E-state index < -0.39 is 0 Å². The van der Waals surface area contributed by atoms with E-state index in [-0.39, 0.29) is 5.78 Å². The standard InChI is InChI=1S/C15H15NO/c1-12-6-5-9-14(16-12)10-11-15(17)13-7-3-2-4-8-13/h2-9H,10-11H2,1H3. The highest BCUT2D eigenvalue weighted by Gasteiger charge is 2.05. The van der Waals surface area contributed by atoms with E-state index in [9.17, 15) is 4.79 Å². The third kappa shape index (κ3) is 3.25. The molecule has 1 aromatic carbocycles. The molecule has 2 nitrogen and oxygen atoms in total. The van der Waals surface area contributed by atoms with Crippen LogP contribution in [-0.4, -0.2) is 10.8 Å². The lowest BCUT2D eigenvalue weighted by atomic mass is 10.1. The number of pyridine rings is 1. The molecule has 0 saturated heterocycles. The number of nitrogens with zero attached hydrogens (tertiary/aromatic N) is 1. The Hall–Kier alpha value is -1.96. The number of hydrogen-bond donors (Lipinski definition) is 0. The fourth-order valence-electron chi connectivity index (χ4n) is 1.75. The minimum absolute atomic E-state index is 0.175. The molecule has 0 unspecified atom stereocenters. The minimum atomic E-state index is 0.175. The number of aromatic nitrogens is 1. The van der Waals surface area contributed by atoms with Crippen molar-refractivity contribution in [2.45, 2.75) is 19.8 Å². The van der Waals surface area contributed by atoms with Crippen molar-refractivity contribution in [1.29, 1.82) is 0 Å². The molecular weight excluding hydrogens is 210 g/mol. The largest absolute Gasteiger partial charge is 0.294 e. The van der Waals surface area contributed by atoms with Gasteiger partial charge in [-0.05, 0) is 25.5 Å². The molecule has 0 fully saturated rings. The van der Waals surface area contributed by atoms with Crippen LogP contribution in [0.25, 0.3) is 0 Å².